The smallest absolute Gasteiger partial charge is 0.242 e. The van der Waals surface area contributed by atoms with Gasteiger partial charge in [-0.2, -0.15) is 4.98 Å². The molecule has 2 aromatic rings. The number of aryl methyl sites for hydroxylation is 1. The number of hydrogen-bond acceptors (Lipinski definition) is 6. The van der Waals surface area contributed by atoms with Gasteiger partial charge in [0.1, 0.15) is 0 Å². The first kappa shape index (κ1) is 13.7. The predicted molar refractivity (Wildman–Crippen MR) is 64.6 cm³/mol. The van der Waals surface area contributed by atoms with E-state index < -0.39 is 10.0 Å². The van der Waals surface area contributed by atoms with Crippen LogP contribution in [0.25, 0.3) is 0 Å². The molecule has 0 amide bonds. The molecule has 2 aromatic heterocycles. The van der Waals surface area contributed by atoms with E-state index in [0.29, 0.717) is 23.8 Å². The Labute approximate surface area is 109 Å². The van der Waals surface area contributed by atoms with E-state index >= 15 is 0 Å². The van der Waals surface area contributed by atoms with Gasteiger partial charge in [-0.1, -0.05) is 5.16 Å². The topological polar surface area (TPSA) is 121 Å². The van der Waals surface area contributed by atoms with Crippen LogP contribution in [0.5, 0.6) is 0 Å². The van der Waals surface area contributed by atoms with Crippen LogP contribution in [0.2, 0.25) is 0 Å². The number of aliphatic hydroxyl groups is 1. The van der Waals surface area contributed by atoms with E-state index in [-0.39, 0.29) is 18.0 Å². The summed E-state index contributed by atoms with van der Waals surface area (Å²) in [6, 6.07) is 1.38. The number of rotatable bonds is 6. The normalized spacial score (nSPS) is 11.9. The Hall–Kier alpha value is -1.71. The van der Waals surface area contributed by atoms with Crippen LogP contribution in [-0.2, 0) is 23.1 Å². The largest absolute Gasteiger partial charge is 0.390 e. The molecule has 3 N–H and O–H groups in total. The van der Waals surface area contributed by atoms with Crippen LogP contribution in [0.4, 0.5) is 0 Å². The number of hydrogen-bond donors (Lipinski definition) is 3. The van der Waals surface area contributed by atoms with Crippen LogP contribution in [0, 0.1) is 6.92 Å². The molecule has 0 fully saturated rings. The molecule has 0 spiro atoms. The van der Waals surface area contributed by atoms with E-state index in [0.717, 1.165) is 0 Å². The zero-order valence-electron chi connectivity index (χ0n) is 10.3. The fraction of sp³-hybridized carbons (Fsp3) is 0.400. The molecular formula is C10H14N4O4S. The molecule has 2 rings (SSSR count). The van der Waals surface area contributed by atoms with Gasteiger partial charge in [-0.3, -0.25) is 0 Å². The molecule has 2 heterocycles. The van der Waals surface area contributed by atoms with Crippen molar-refractivity contribution >= 4 is 10.0 Å². The van der Waals surface area contributed by atoms with Crippen LogP contribution < -0.4 is 4.72 Å². The Balaban J connectivity index is 1.94. The van der Waals surface area contributed by atoms with Crippen LogP contribution in [0.15, 0.2) is 21.7 Å². The van der Waals surface area contributed by atoms with Crippen LogP contribution in [0.3, 0.4) is 0 Å². The minimum Gasteiger partial charge on any atom is -0.390 e. The highest BCUT2D eigenvalue weighted by Crippen LogP contribution is 2.10. The van der Waals surface area contributed by atoms with Crippen molar-refractivity contribution in [1.82, 2.24) is 19.8 Å². The van der Waals surface area contributed by atoms with Crippen molar-refractivity contribution in [3.8, 4) is 0 Å². The van der Waals surface area contributed by atoms with E-state index in [2.05, 4.69) is 19.8 Å². The van der Waals surface area contributed by atoms with Crippen molar-refractivity contribution in [2.75, 3.05) is 6.54 Å². The summed E-state index contributed by atoms with van der Waals surface area (Å²) in [5.74, 6) is 0.890. The first-order chi connectivity index (χ1) is 9.01. The maximum absolute atomic E-state index is 11.9. The number of H-pyrrole nitrogens is 1. The number of sulfonamides is 1. The maximum Gasteiger partial charge on any atom is 0.242 e. The monoisotopic (exact) mass is 286 g/mol. The number of aromatic nitrogens is 3. The van der Waals surface area contributed by atoms with Crippen LogP contribution in [-0.4, -0.2) is 35.2 Å². The Morgan fingerprint density at radius 1 is 1.53 bits per heavy atom. The molecule has 0 bridgehead atoms. The number of nitrogens with one attached hydrogen (secondary N) is 2. The number of nitrogens with zero attached hydrogens (tertiary/aromatic N) is 2. The van der Waals surface area contributed by atoms with Gasteiger partial charge in [0.15, 0.2) is 5.82 Å². The summed E-state index contributed by atoms with van der Waals surface area (Å²) in [6.45, 7) is 1.59. The number of aliphatic hydroxyl groups excluding tert-OH is 1. The van der Waals surface area contributed by atoms with E-state index in [4.69, 9.17) is 9.63 Å². The Morgan fingerprint density at radius 2 is 2.32 bits per heavy atom. The van der Waals surface area contributed by atoms with Gasteiger partial charge in [0, 0.05) is 31.8 Å². The second-order valence-corrected chi connectivity index (χ2v) is 5.66. The summed E-state index contributed by atoms with van der Waals surface area (Å²) in [6.07, 6.45) is 1.67. The highest BCUT2D eigenvalue weighted by Gasteiger charge is 2.15. The summed E-state index contributed by atoms with van der Waals surface area (Å²) >= 11 is 0. The Kier molecular flexibility index (Phi) is 3.98. The maximum atomic E-state index is 11.9. The van der Waals surface area contributed by atoms with E-state index in [1.54, 1.807) is 6.92 Å². The van der Waals surface area contributed by atoms with E-state index in [1.165, 1.54) is 12.3 Å². The lowest BCUT2D eigenvalue weighted by Gasteiger charge is -2.02. The second-order valence-electron chi connectivity index (χ2n) is 3.90. The lowest BCUT2D eigenvalue weighted by atomic mass is 10.4. The Bertz CT molecular complexity index is 646. The van der Waals surface area contributed by atoms with Gasteiger partial charge in [0.25, 0.3) is 0 Å². The van der Waals surface area contributed by atoms with Gasteiger partial charge < -0.3 is 14.6 Å². The third kappa shape index (κ3) is 3.40. The highest BCUT2D eigenvalue weighted by molar-refractivity contribution is 7.89. The molecular weight excluding hydrogens is 272 g/mol. The molecule has 104 valence electrons. The van der Waals surface area contributed by atoms with Gasteiger partial charge in [-0.25, -0.2) is 13.1 Å². The van der Waals surface area contributed by atoms with Crippen molar-refractivity contribution in [2.24, 2.45) is 0 Å². The van der Waals surface area contributed by atoms with Crippen molar-refractivity contribution in [1.29, 1.82) is 0 Å². The standard InChI is InChI=1S/C10H14N4O4S/c1-7-13-10(14-18-7)2-3-12-19(16,17)9-4-8(6-15)11-5-9/h4-5,11-12,15H,2-3,6H2,1H3. The fourth-order valence-electron chi connectivity index (χ4n) is 1.49. The molecule has 0 saturated carbocycles. The lowest BCUT2D eigenvalue weighted by molar-refractivity contribution is 0.277. The molecule has 0 aliphatic rings. The molecule has 0 atom stereocenters. The van der Waals surface area contributed by atoms with Gasteiger partial charge >= 0.3 is 0 Å². The van der Waals surface area contributed by atoms with Crippen molar-refractivity contribution in [3.63, 3.8) is 0 Å². The summed E-state index contributed by atoms with van der Waals surface area (Å²) in [5.41, 5.74) is 0.439. The summed E-state index contributed by atoms with van der Waals surface area (Å²) < 4.78 is 31.0. The van der Waals surface area contributed by atoms with Gasteiger partial charge in [-0.05, 0) is 6.07 Å². The van der Waals surface area contributed by atoms with Crippen molar-refractivity contribution < 1.29 is 18.0 Å². The molecule has 0 aliphatic carbocycles. The first-order valence-electron chi connectivity index (χ1n) is 5.58. The quantitative estimate of drug-likeness (QED) is 0.671. The minimum absolute atomic E-state index is 0.0841. The minimum atomic E-state index is -3.59. The predicted octanol–water partition coefficient (Wildman–Crippen LogP) is -0.281. The highest BCUT2D eigenvalue weighted by atomic mass is 32.2. The fourth-order valence-corrected chi connectivity index (χ4v) is 2.54. The first-order valence-corrected chi connectivity index (χ1v) is 7.06. The second kappa shape index (κ2) is 5.51. The number of aromatic amines is 1. The van der Waals surface area contributed by atoms with Gasteiger partial charge in [0.05, 0.1) is 11.5 Å². The SMILES string of the molecule is Cc1nc(CCNS(=O)(=O)c2c[nH]c(CO)c2)no1. The average Bonchev–Trinajstić information content (AvgIpc) is 2.98. The third-order valence-electron chi connectivity index (χ3n) is 2.41. The molecule has 0 saturated heterocycles. The molecule has 0 unspecified atom stereocenters. The van der Waals surface area contributed by atoms with Crippen molar-refractivity contribution in [2.45, 2.75) is 24.8 Å². The molecule has 0 aliphatic heterocycles. The lowest BCUT2D eigenvalue weighted by Crippen LogP contribution is -2.25. The summed E-state index contributed by atoms with van der Waals surface area (Å²) in [4.78, 5) is 6.72. The zero-order chi connectivity index (χ0) is 13.9. The molecule has 9 heteroatoms. The van der Waals surface area contributed by atoms with Gasteiger partial charge in [-0.15, -0.1) is 0 Å². The van der Waals surface area contributed by atoms with E-state index in [9.17, 15) is 8.42 Å². The summed E-state index contributed by atoms with van der Waals surface area (Å²) in [7, 11) is -3.59. The molecule has 8 nitrogen and oxygen atoms in total. The van der Waals surface area contributed by atoms with Gasteiger partial charge in [0.2, 0.25) is 15.9 Å². The third-order valence-corrected chi connectivity index (χ3v) is 3.85. The average molecular weight is 286 g/mol. The summed E-state index contributed by atoms with van der Waals surface area (Å²) in [5, 5.41) is 12.5. The molecule has 19 heavy (non-hydrogen) atoms. The molecule has 0 radical (unpaired) electrons. The zero-order valence-corrected chi connectivity index (χ0v) is 11.1. The molecule has 0 aromatic carbocycles. The van der Waals surface area contributed by atoms with Crippen LogP contribution >= 0.6 is 0 Å². The van der Waals surface area contributed by atoms with Crippen LogP contribution in [0.1, 0.15) is 17.4 Å². The van der Waals surface area contributed by atoms with E-state index in [1.807, 2.05) is 0 Å². The van der Waals surface area contributed by atoms with Crippen molar-refractivity contribution in [3.05, 3.63) is 29.7 Å². The Morgan fingerprint density at radius 3 is 2.89 bits per heavy atom.